The van der Waals surface area contributed by atoms with Gasteiger partial charge in [0.15, 0.2) is 4.96 Å². The molecule has 1 N–H and O–H groups in total. The highest BCUT2D eigenvalue weighted by Gasteiger charge is 2.33. The van der Waals surface area contributed by atoms with Gasteiger partial charge in [-0.2, -0.15) is 13.2 Å². The highest BCUT2D eigenvalue weighted by atomic mass is 35.5. The molecule has 0 radical (unpaired) electrons. The Bertz CT molecular complexity index is 965. The molecule has 126 valence electrons. The Labute approximate surface area is 143 Å². The first kappa shape index (κ1) is 16.8. The van der Waals surface area contributed by atoms with Crippen LogP contribution in [0.4, 0.5) is 18.9 Å². The molecule has 0 saturated heterocycles. The third kappa shape index (κ3) is 3.25. The minimum atomic E-state index is -4.53. The number of nitrogens with one attached hydrogen (secondary N) is 1. The zero-order chi connectivity index (χ0) is 17.5. The van der Waals surface area contributed by atoms with Gasteiger partial charge in [0.05, 0.1) is 22.8 Å². The number of benzene rings is 1. The van der Waals surface area contributed by atoms with Gasteiger partial charge in [-0.05, 0) is 25.1 Å². The second kappa shape index (κ2) is 6.10. The van der Waals surface area contributed by atoms with E-state index in [4.69, 9.17) is 11.6 Å². The first-order valence-corrected chi connectivity index (χ1v) is 8.09. The summed E-state index contributed by atoms with van der Waals surface area (Å²) in [6.45, 7) is 1.93. The lowest BCUT2D eigenvalue weighted by Crippen LogP contribution is -2.16. The summed E-state index contributed by atoms with van der Waals surface area (Å²) in [5.74, 6) is 0. The third-order valence-electron chi connectivity index (χ3n) is 3.37. The fourth-order valence-corrected chi connectivity index (χ4v) is 3.35. The molecule has 1 aromatic carbocycles. The van der Waals surface area contributed by atoms with Gasteiger partial charge in [0.1, 0.15) is 0 Å². The number of fused-ring (bicyclic) bond motifs is 1. The molecule has 0 amide bonds. The molecular formula is C15H11ClF3N3OS. The molecule has 0 aliphatic rings. The number of aryl methyl sites for hydroxylation is 1. The second-order valence-electron chi connectivity index (χ2n) is 5.13. The normalized spacial score (nSPS) is 11.9. The molecular weight excluding hydrogens is 363 g/mol. The lowest BCUT2D eigenvalue weighted by molar-refractivity contribution is -0.137. The van der Waals surface area contributed by atoms with Crippen molar-refractivity contribution in [3.05, 3.63) is 62.0 Å². The van der Waals surface area contributed by atoms with Gasteiger partial charge in [-0.25, -0.2) is 4.98 Å². The maximum absolute atomic E-state index is 12.9. The number of rotatable bonds is 3. The molecule has 0 atom stereocenters. The van der Waals surface area contributed by atoms with Crippen molar-refractivity contribution in [2.45, 2.75) is 19.6 Å². The van der Waals surface area contributed by atoms with E-state index >= 15 is 0 Å². The molecule has 0 spiro atoms. The molecule has 3 rings (SSSR count). The van der Waals surface area contributed by atoms with Gasteiger partial charge < -0.3 is 5.32 Å². The predicted octanol–water partition coefficient (Wildman–Crippen LogP) is 4.35. The molecule has 2 aromatic heterocycles. The van der Waals surface area contributed by atoms with Gasteiger partial charge in [0, 0.05) is 22.8 Å². The van der Waals surface area contributed by atoms with Gasteiger partial charge in [-0.1, -0.05) is 11.6 Å². The first-order chi connectivity index (χ1) is 11.3. The van der Waals surface area contributed by atoms with Crippen LogP contribution in [0.15, 0.2) is 34.4 Å². The zero-order valence-corrected chi connectivity index (χ0v) is 13.9. The van der Waals surface area contributed by atoms with E-state index in [2.05, 4.69) is 10.3 Å². The molecule has 0 aliphatic carbocycles. The van der Waals surface area contributed by atoms with E-state index in [1.54, 1.807) is 6.92 Å². The Hall–Kier alpha value is -2.06. The van der Waals surface area contributed by atoms with E-state index in [1.165, 1.54) is 33.9 Å². The summed E-state index contributed by atoms with van der Waals surface area (Å²) in [5.41, 5.74) is 0.357. The van der Waals surface area contributed by atoms with Gasteiger partial charge in [0.25, 0.3) is 5.56 Å². The number of hydrogen-bond donors (Lipinski definition) is 1. The first-order valence-electron chi connectivity index (χ1n) is 6.83. The molecule has 0 fully saturated rings. The van der Waals surface area contributed by atoms with Crippen molar-refractivity contribution in [1.29, 1.82) is 0 Å². The second-order valence-corrected chi connectivity index (χ2v) is 6.37. The van der Waals surface area contributed by atoms with Gasteiger partial charge in [-0.3, -0.25) is 9.20 Å². The van der Waals surface area contributed by atoms with Crippen molar-refractivity contribution < 1.29 is 13.2 Å². The average Bonchev–Trinajstić information content (AvgIpc) is 2.87. The number of halogens is 4. The Kier molecular flexibility index (Phi) is 4.27. The highest BCUT2D eigenvalue weighted by Crippen LogP contribution is 2.36. The van der Waals surface area contributed by atoms with Crippen LogP contribution in [0, 0.1) is 6.92 Å². The maximum atomic E-state index is 12.9. The molecule has 4 nitrogen and oxygen atoms in total. The SMILES string of the molecule is Cc1csc2nc(CNc3ccc(Cl)c(C(F)(F)F)c3)cc(=O)n12. The highest BCUT2D eigenvalue weighted by molar-refractivity contribution is 7.15. The molecule has 0 unspecified atom stereocenters. The smallest absolute Gasteiger partial charge is 0.379 e. The summed E-state index contributed by atoms with van der Waals surface area (Å²) in [5, 5.41) is 4.29. The van der Waals surface area contributed by atoms with Crippen molar-refractivity contribution in [3.63, 3.8) is 0 Å². The summed E-state index contributed by atoms with van der Waals surface area (Å²) < 4.78 is 40.0. The molecule has 0 aliphatic heterocycles. The molecule has 0 saturated carbocycles. The largest absolute Gasteiger partial charge is 0.417 e. The summed E-state index contributed by atoms with van der Waals surface area (Å²) in [6, 6.07) is 4.92. The number of aromatic nitrogens is 2. The minimum Gasteiger partial charge on any atom is -0.379 e. The third-order valence-corrected chi connectivity index (χ3v) is 4.65. The Balaban J connectivity index is 1.85. The van der Waals surface area contributed by atoms with Gasteiger partial charge >= 0.3 is 6.18 Å². The van der Waals surface area contributed by atoms with Crippen molar-refractivity contribution >= 4 is 33.6 Å². The molecule has 0 bridgehead atoms. The van der Waals surface area contributed by atoms with E-state index in [9.17, 15) is 18.0 Å². The van der Waals surface area contributed by atoms with Crippen molar-refractivity contribution in [1.82, 2.24) is 9.38 Å². The zero-order valence-electron chi connectivity index (χ0n) is 12.3. The Morgan fingerprint density at radius 3 is 2.79 bits per heavy atom. The predicted molar refractivity (Wildman–Crippen MR) is 87.9 cm³/mol. The molecule has 2 heterocycles. The quantitative estimate of drug-likeness (QED) is 0.742. The van der Waals surface area contributed by atoms with Crippen LogP contribution in [-0.4, -0.2) is 9.38 Å². The summed E-state index contributed by atoms with van der Waals surface area (Å²) >= 11 is 6.91. The topological polar surface area (TPSA) is 46.4 Å². The van der Waals surface area contributed by atoms with Crippen LogP contribution in [0.5, 0.6) is 0 Å². The monoisotopic (exact) mass is 373 g/mol. The maximum Gasteiger partial charge on any atom is 0.417 e. The lowest BCUT2D eigenvalue weighted by Gasteiger charge is -2.12. The van der Waals surface area contributed by atoms with Gasteiger partial charge in [0.2, 0.25) is 0 Å². The Morgan fingerprint density at radius 1 is 1.33 bits per heavy atom. The standard InChI is InChI=1S/C15H11ClF3N3OS/c1-8-7-24-14-21-10(5-13(23)22(8)14)6-20-9-2-3-12(16)11(4-9)15(17,18)19/h2-5,7,20H,6H2,1H3. The van der Waals surface area contributed by atoms with E-state index in [0.717, 1.165) is 11.8 Å². The van der Waals surface area contributed by atoms with Crippen molar-refractivity contribution in [2.75, 3.05) is 5.32 Å². The van der Waals surface area contributed by atoms with E-state index in [-0.39, 0.29) is 22.8 Å². The van der Waals surface area contributed by atoms with Crippen LogP contribution in [0.1, 0.15) is 17.0 Å². The van der Waals surface area contributed by atoms with Crippen LogP contribution < -0.4 is 10.9 Å². The Morgan fingerprint density at radius 2 is 2.08 bits per heavy atom. The van der Waals surface area contributed by atoms with E-state index < -0.39 is 11.7 Å². The number of alkyl halides is 3. The molecule has 9 heteroatoms. The van der Waals surface area contributed by atoms with Crippen LogP contribution in [0.25, 0.3) is 4.96 Å². The molecule has 3 aromatic rings. The van der Waals surface area contributed by atoms with E-state index in [1.807, 2.05) is 5.38 Å². The average molecular weight is 374 g/mol. The van der Waals surface area contributed by atoms with Gasteiger partial charge in [-0.15, -0.1) is 11.3 Å². The van der Waals surface area contributed by atoms with Crippen molar-refractivity contribution in [2.24, 2.45) is 0 Å². The lowest BCUT2D eigenvalue weighted by atomic mass is 10.2. The van der Waals surface area contributed by atoms with Crippen LogP contribution in [0.2, 0.25) is 5.02 Å². The van der Waals surface area contributed by atoms with Crippen LogP contribution in [0.3, 0.4) is 0 Å². The fraction of sp³-hybridized carbons (Fsp3) is 0.200. The fourth-order valence-electron chi connectivity index (χ4n) is 2.24. The summed E-state index contributed by atoms with van der Waals surface area (Å²) in [4.78, 5) is 16.9. The number of nitrogens with zero attached hydrogens (tertiary/aromatic N) is 2. The number of hydrogen-bond acceptors (Lipinski definition) is 4. The number of anilines is 1. The minimum absolute atomic E-state index is 0.127. The molecule has 24 heavy (non-hydrogen) atoms. The van der Waals surface area contributed by atoms with E-state index in [0.29, 0.717) is 10.7 Å². The number of thiazole rings is 1. The summed E-state index contributed by atoms with van der Waals surface area (Å²) in [6.07, 6.45) is -4.53. The van der Waals surface area contributed by atoms with Crippen LogP contribution in [-0.2, 0) is 12.7 Å². The van der Waals surface area contributed by atoms with Crippen molar-refractivity contribution in [3.8, 4) is 0 Å². The van der Waals surface area contributed by atoms with Crippen LogP contribution >= 0.6 is 22.9 Å². The summed E-state index contributed by atoms with van der Waals surface area (Å²) in [7, 11) is 0.